The summed E-state index contributed by atoms with van der Waals surface area (Å²) in [6.07, 6.45) is -4.77. The van der Waals surface area contributed by atoms with Crippen molar-refractivity contribution in [2.75, 3.05) is 0 Å². The average Bonchev–Trinajstić information content (AvgIpc) is 2.25. The maximum atomic E-state index is 10.8. The number of rotatable bonds is 7. The molecule has 0 aliphatic rings. The maximum absolute atomic E-state index is 10.8. The van der Waals surface area contributed by atoms with Crippen LogP contribution < -0.4 is 11.5 Å². The van der Waals surface area contributed by atoms with E-state index in [1.54, 1.807) is 0 Å². The van der Waals surface area contributed by atoms with Crippen molar-refractivity contribution in [3.63, 3.8) is 0 Å². The Bertz CT molecular complexity index is 283. The van der Waals surface area contributed by atoms with E-state index in [1.165, 1.54) is 6.92 Å². The van der Waals surface area contributed by atoms with Crippen LogP contribution in [0.5, 0.6) is 0 Å². The highest BCUT2D eigenvalue weighted by Gasteiger charge is 2.32. The normalized spacial score (nSPS) is 20.1. The fourth-order valence-corrected chi connectivity index (χ4v) is 1.18. The molecule has 0 bridgehead atoms. The molecule has 100 valence electrons. The number of hydrogen-bond acceptors (Lipinski definition) is 7. The standard InChI is InChI=1S/C9H18N2O6/c1-3(12)6(10)8(15)7(11)4(13)2-5(14)9(16)17/h3-4,6-8,12-13,15H,2,10-11H2,1H3,(H,16,17)/t3-,4+,6-,7-,8+/m1/s1. The molecule has 0 radical (unpaired) electrons. The molecular formula is C9H18N2O6. The van der Waals surface area contributed by atoms with Gasteiger partial charge < -0.3 is 31.9 Å². The summed E-state index contributed by atoms with van der Waals surface area (Å²) in [6, 6.07) is -2.41. The van der Waals surface area contributed by atoms with Crippen LogP contribution in [0.4, 0.5) is 0 Å². The highest BCUT2D eigenvalue weighted by Crippen LogP contribution is 2.07. The number of aliphatic hydroxyl groups is 3. The molecule has 0 heterocycles. The lowest BCUT2D eigenvalue weighted by Crippen LogP contribution is -2.56. The minimum absolute atomic E-state index is 0.722. The predicted molar refractivity (Wildman–Crippen MR) is 56.9 cm³/mol. The molecular weight excluding hydrogens is 232 g/mol. The van der Waals surface area contributed by atoms with E-state index in [-0.39, 0.29) is 0 Å². The van der Waals surface area contributed by atoms with E-state index in [1.807, 2.05) is 0 Å². The van der Waals surface area contributed by atoms with Crippen molar-refractivity contribution in [3.8, 4) is 0 Å². The van der Waals surface area contributed by atoms with Crippen LogP contribution in [-0.2, 0) is 9.59 Å². The van der Waals surface area contributed by atoms with Gasteiger partial charge in [-0.1, -0.05) is 0 Å². The van der Waals surface area contributed by atoms with E-state index in [9.17, 15) is 19.8 Å². The summed E-state index contributed by atoms with van der Waals surface area (Å²) >= 11 is 0. The van der Waals surface area contributed by atoms with Gasteiger partial charge in [-0.05, 0) is 6.92 Å². The maximum Gasteiger partial charge on any atom is 0.372 e. The molecule has 0 spiro atoms. The fraction of sp³-hybridized carbons (Fsp3) is 0.778. The number of nitrogens with two attached hydrogens (primary N) is 2. The van der Waals surface area contributed by atoms with E-state index < -0.39 is 48.6 Å². The van der Waals surface area contributed by atoms with Crippen molar-refractivity contribution in [2.45, 2.75) is 43.7 Å². The zero-order valence-electron chi connectivity index (χ0n) is 9.35. The van der Waals surface area contributed by atoms with Gasteiger partial charge in [0.05, 0.1) is 30.4 Å². The number of carbonyl (C=O) groups excluding carboxylic acids is 1. The summed E-state index contributed by atoms with van der Waals surface area (Å²) in [7, 11) is 0. The number of carbonyl (C=O) groups is 2. The van der Waals surface area contributed by atoms with E-state index in [2.05, 4.69) is 0 Å². The van der Waals surface area contributed by atoms with Crippen molar-refractivity contribution in [2.24, 2.45) is 11.5 Å². The highest BCUT2D eigenvalue weighted by atomic mass is 16.4. The Kier molecular flexibility index (Phi) is 6.21. The summed E-state index contributed by atoms with van der Waals surface area (Å²) in [4.78, 5) is 21.0. The second kappa shape index (κ2) is 6.62. The highest BCUT2D eigenvalue weighted by molar-refractivity contribution is 6.32. The predicted octanol–water partition coefficient (Wildman–Crippen LogP) is -3.21. The minimum atomic E-state index is -1.69. The third kappa shape index (κ3) is 4.75. The summed E-state index contributed by atoms with van der Waals surface area (Å²) in [6.45, 7) is 1.33. The molecule has 0 aliphatic carbocycles. The molecule has 0 aromatic rings. The number of carboxylic acid groups (broad SMARTS) is 1. The molecule has 8 heteroatoms. The van der Waals surface area contributed by atoms with Gasteiger partial charge in [0.2, 0.25) is 5.78 Å². The molecule has 0 aromatic heterocycles. The topological polar surface area (TPSA) is 167 Å². The fourth-order valence-electron chi connectivity index (χ4n) is 1.18. The van der Waals surface area contributed by atoms with Crippen LogP contribution in [0.2, 0.25) is 0 Å². The first-order chi connectivity index (χ1) is 7.68. The molecule has 5 atom stereocenters. The molecule has 0 amide bonds. The number of ketones is 1. The first kappa shape index (κ1) is 15.9. The van der Waals surface area contributed by atoms with Crippen molar-refractivity contribution in [3.05, 3.63) is 0 Å². The van der Waals surface area contributed by atoms with E-state index in [4.69, 9.17) is 21.7 Å². The quantitative estimate of drug-likeness (QED) is 0.257. The first-order valence-electron chi connectivity index (χ1n) is 5.00. The summed E-state index contributed by atoms with van der Waals surface area (Å²) in [5.74, 6) is -2.91. The summed E-state index contributed by atoms with van der Waals surface area (Å²) < 4.78 is 0. The van der Waals surface area contributed by atoms with E-state index in [0.717, 1.165) is 0 Å². The second-order valence-corrected chi connectivity index (χ2v) is 3.89. The Morgan fingerprint density at radius 1 is 1.12 bits per heavy atom. The van der Waals surface area contributed by atoms with Gasteiger partial charge in [-0.15, -0.1) is 0 Å². The Hall–Kier alpha value is -1.06. The third-order valence-corrected chi connectivity index (χ3v) is 2.42. The van der Waals surface area contributed by atoms with Crippen molar-refractivity contribution >= 4 is 11.8 Å². The van der Waals surface area contributed by atoms with Crippen molar-refractivity contribution < 1.29 is 30.0 Å². The lowest BCUT2D eigenvalue weighted by molar-refractivity contribution is -0.150. The van der Waals surface area contributed by atoms with Gasteiger partial charge in [-0.25, -0.2) is 4.79 Å². The van der Waals surface area contributed by atoms with Crippen LogP contribution in [0.25, 0.3) is 0 Å². The molecule has 0 rings (SSSR count). The lowest BCUT2D eigenvalue weighted by Gasteiger charge is -2.29. The van der Waals surface area contributed by atoms with Crippen molar-refractivity contribution in [1.29, 1.82) is 0 Å². The number of carboxylic acids is 1. The van der Waals surface area contributed by atoms with Crippen molar-refractivity contribution in [1.82, 2.24) is 0 Å². The minimum Gasteiger partial charge on any atom is -0.475 e. The van der Waals surface area contributed by atoms with E-state index in [0.29, 0.717) is 0 Å². The summed E-state index contributed by atoms with van der Waals surface area (Å²) in [5.41, 5.74) is 10.8. The Labute approximate surface area is 97.8 Å². The van der Waals surface area contributed by atoms with Gasteiger partial charge >= 0.3 is 5.97 Å². The Morgan fingerprint density at radius 2 is 1.59 bits per heavy atom. The van der Waals surface area contributed by atoms with Crippen LogP contribution in [0.15, 0.2) is 0 Å². The zero-order chi connectivity index (χ0) is 13.7. The average molecular weight is 250 g/mol. The number of aliphatic carboxylic acids is 1. The summed E-state index contributed by atoms with van der Waals surface area (Å²) in [5, 5.41) is 36.4. The smallest absolute Gasteiger partial charge is 0.372 e. The molecule has 0 saturated carbocycles. The molecule has 0 unspecified atom stereocenters. The second-order valence-electron chi connectivity index (χ2n) is 3.89. The van der Waals surface area contributed by atoms with Crippen LogP contribution in [0.1, 0.15) is 13.3 Å². The molecule has 0 aliphatic heterocycles. The number of Topliss-reactive ketones (excluding diaryl/α,β-unsaturated/α-hetero) is 1. The molecule has 0 saturated heterocycles. The molecule has 8 N–H and O–H groups in total. The van der Waals surface area contributed by atoms with Gasteiger partial charge in [0.25, 0.3) is 0 Å². The molecule has 8 nitrogen and oxygen atoms in total. The van der Waals surface area contributed by atoms with Crippen LogP contribution in [0.3, 0.4) is 0 Å². The van der Waals surface area contributed by atoms with Crippen LogP contribution in [-0.4, -0.2) is 62.6 Å². The Balaban J connectivity index is 4.44. The van der Waals surface area contributed by atoms with Crippen LogP contribution in [0, 0.1) is 0 Å². The van der Waals surface area contributed by atoms with Gasteiger partial charge in [-0.2, -0.15) is 0 Å². The largest absolute Gasteiger partial charge is 0.475 e. The monoisotopic (exact) mass is 250 g/mol. The SMILES string of the molecule is C[C@@H](O)[C@@H](N)[C@H](O)[C@H](N)[C@@H](O)CC(=O)C(=O)O. The van der Waals surface area contributed by atoms with Gasteiger partial charge in [0.1, 0.15) is 0 Å². The van der Waals surface area contributed by atoms with Gasteiger partial charge in [0.15, 0.2) is 0 Å². The van der Waals surface area contributed by atoms with E-state index >= 15 is 0 Å². The van der Waals surface area contributed by atoms with Crippen LogP contribution >= 0.6 is 0 Å². The Morgan fingerprint density at radius 3 is 1.94 bits per heavy atom. The number of aliphatic hydroxyl groups excluding tert-OH is 3. The molecule has 0 fully saturated rings. The number of hydrogen-bond donors (Lipinski definition) is 6. The third-order valence-electron chi connectivity index (χ3n) is 2.42. The lowest BCUT2D eigenvalue weighted by atomic mass is 9.94. The molecule has 0 aromatic carbocycles. The molecule has 17 heavy (non-hydrogen) atoms. The first-order valence-corrected chi connectivity index (χ1v) is 5.00. The van der Waals surface area contributed by atoms with Gasteiger partial charge in [-0.3, -0.25) is 4.79 Å². The zero-order valence-corrected chi connectivity index (χ0v) is 9.35. The van der Waals surface area contributed by atoms with Gasteiger partial charge in [0, 0.05) is 6.42 Å².